The topological polar surface area (TPSA) is 38.7 Å². The summed E-state index contributed by atoms with van der Waals surface area (Å²) in [5, 5.41) is 8.48. The Morgan fingerprint density at radius 2 is 1.62 bits per heavy atom. The van der Waals surface area contributed by atoms with Gasteiger partial charge in [0.2, 0.25) is 0 Å². The SMILES string of the molecule is C=COCCCCOCCCCO. The van der Waals surface area contributed by atoms with Crippen molar-refractivity contribution >= 4 is 0 Å². The van der Waals surface area contributed by atoms with Crippen LogP contribution in [0.4, 0.5) is 0 Å². The molecule has 0 aromatic heterocycles. The predicted molar refractivity (Wildman–Crippen MR) is 52.5 cm³/mol. The third kappa shape index (κ3) is 11.5. The van der Waals surface area contributed by atoms with Crippen molar-refractivity contribution in [2.24, 2.45) is 0 Å². The molecule has 0 saturated heterocycles. The van der Waals surface area contributed by atoms with E-state index in [0.29, 0.717) is 0 Å². The highest BCUT2D eigenvalue weighted by molar-refractivity contribution is 4.49. The zero-order valence-electron chi connectivity index (χ0n) is 8.21. The van der Waals surface area contributed by atoms with Gasteiger partial charge in [-0.2, -0.15) is 0 Å². The Labute approximate surface area is 80.4 Å². The first-order chi connectivity index (χ1) is 6.41. The van der Waals surface area contributed by atoms with E-state index < -0.39 is 0 Å². The first-order valence-electron chi connectivity index (χ1n) is 4.83. The van der Waals surface area contributed by atoms with Crippen LogP contribution in [0.1, 0.15) is 25.7 Å². The average Bonchev–Trinajstić information content (AvgIpc) is 2.16. The van der Waals surface area contributed by atoms with E-state index in [1.807, 2.05) is 0 Å². The lowest BCUT2D eigenvalue weighted by Crippen LogP contribution is -1.99. The van der Waals surface area contributed by atoms with Gasteiger partial charge in [-0.15, -0.1) is 0 Å². The fourth-order valence-corrected chi connectivity index (χ4v) is 0.891. The van der Waals surface area contributed by atoms with Gasteiger partial charge in [-0.25, -0.2) is 0 Å². The second kappa shape index (κ2) is 11.5. The van der Waals surface area contributed by atoms with Crippen LogP contribution in [0.5, 0.6) is 0 Å². The minimum absolute atomic E-state index is 0.260. The molecule has 0 heterocycles. The van der Waals surface area contributed by atoms with Crippen molar-refractivity contribution in [3.63, 3.8) is 0 Å². The molecule has 78 valence electrons. The number of hydrogen-bond acceptors (Lipinski definition) is 3. The molecule has 0 atom stereocenters. The summed E-state index contributed by atoms with van der Waals surface area (Å²) >= 11 is 0. The van der Waals surface area contributed by atoms with Crippen molar-refractivity contribution in [2.75, 3.05) is 26.4 Å². The van der Waals surface area contributed by atoms with Crippen LogP contribution in [0, 0.1) is 0 Å². The molecule has 0 rings (SSSR count). The van der Waals surface area contributed by atoms with E-state index in [1.54, 1.807) is 0 Å². The minimum Gasteiger partial charge on any atom is -0.502 e. The van der Waals surface area contributed by atoms with E-state index in [2.05, 4.69) is 6.58 Å². The number of aliphatic hydroxyl groups excluding tert-OH is 1. The molecule has 13 heavy (non-hydrogen) atoms. The van der Waals surface area contributed by atoms with Gasteiger partial charge in [0.25, 0.3) is 0 Å². The van der Waals surface area contributed by atoms with Crippen molar-refractivity contribution in [3.05, 3.63) is 12.8 Å². The second-order valence-corrected chi connectivity index (χ2v) is 2.79. The molecule has 3 heteroatoms. The molecule has 0 aliphatic heterocycles. The molecule has 3 nitrogen and oxygen atoms in total. The Morgan fingerprint density at radius 1 is 1.00 bits per heavy atom. The van der Waals surface area contributed by atoms with Gasteiger partial charge in [-0.1, -0.05) is 6.58 Å². The van der Waals surface area contributed by atoms with Crippen molar-refractivity contribution in [3.8, 4) is 0 Å². The largest absolute Gasteiger partial charge is 0.502 e. The molecule has 0 amide bonds. The number of unbranched alkanes of at least 4 members (excludes halogenated alkanes) is 2. The van der Waals surface area contributed by atoms with E-state index in [-0.39, 0.29) is 6.61 Å². The van der Waals surface area contributed by atoms with E-state index in [0.717, 1.165) is 45.5 Å². The number of hydrogen-bond donors (Lipinski definition) is 1. The summed E-state index contributed by atoms with van der Waals surface area (Å²) in [6, 6.07) is 0. The van der Waals surface area contributed by atoms with Gasteiger partial charge in [0, 0.05) is 19.8 Å². The van der Waals surface area contributed by atoms with Crippen LogP contribution in [-0.4, -0.2) is 31.5 Å². The highest BCUT2D eigenvalue weighted by Crippen LogP contribution is 1.94. The summed E-state index contributed by atoms with van der Waals surface area (Å²) in [5.74, 6) is 0. The van der Waals surface area contributed by atoms with E-state index in [1.165, 1.54) is 6.26 Å². The van der Waals surface area contributed by atoms with Crippen LogP contribution < -0.4 is 0 Å². The Morgan fingerprint density at radius 3 is 2.23 bits per heavy atom. The highest BCUT2D eigenvalue weighted by Gasteiger charge is 1.90. The molecule has 0 radical (unpaired) electrons. The summed E-state index contributed by atoms with van der Waals surface area (Å²) in [6.07, 6.45) is 5.26. The summed E-state index contributed by atoms with van der Waals surface area (Å²) in [6.45, 7) is 5.97. The fourth-order valence-electron chi connectivity index (χ4n) is 0.891. The lowest BCUT2D eigenvalue weighted by Gasteiger charge is -2.03. The molecule has 0 saturated carbocycles. The van der Waals surface area contributed by atoms with E-state index in [4.69, 9.17) is 14.6 Å². The molecule has 0 unspecified atom stereocenters. The first kappa shape index (κ1) is 12.5. The predicted octanol–water partition coefficient (Wildman–Crippen LogP) is 1.72. The zero-order valence-corrected chi connectivity index (χ0v) is 8.21. The molecule has 1 N–H and O–H groups in total. The fraction of sp³-hybridized carbons (Fsp3) is 0.800. The quantitative estimate of drug-likeness (QED) is 0.419. The highest BCUT2D eigenvalue weighted by atomic mass is 16.5. The molecule has 0 bridgehead atoms. The van der Waals surface area contributed by atoms with Gasteiger partial charge < -0.3 is 14.6 Å². The van der Waals surface area contributed by atoms with Gasteiger partial charge in [0.1, 0.15) is 0 Å². The van der Waals surface area contributed by atoms with Crippen molar-refractivity contribution in [2.45, 2.75) is 25.7 Å². The van der Waals surface area contributed by atoms with Crippen LogP contribution in [0.25, 0.3) is 0 Å². The second-order valence-electron chi connectivity index (χ2n) is 2.79. The number of ether oxygens (including phenoxy) is 2. The number of rotatable bonds is 10. The minimum atomic E-state index is 0.260. The van der Waals surface area contributed by atoms with E-state index >= 15 is 0 Å². The normalized spacial score (nSPS) is 9.92. The maximum absolute atomic E-state index is 8.48. The van der Waals surface area contributed by atoms with Crippen molar-refractivity contribution in [1.82, 2.24) is 0 Å². The van der Waals surface area contributed by atoms with Gasteiger partial charge in [0.15, 0.2) is 0 Å². The Kier molecular flexibility index (Phi) is 11.0. The monoisotopic (exact) mass is 188 g/mol. The van der Waals surface area contributed by atoms with Gasteiger partial charge in [-0.3, -0.25) is 0 Å². The molecule has 0 spiro atoms. The average molecular weight is 188 g/mol. The molecule has 0 aliphatic carbocycles. The maximum Gasteiger partial charge on any atom is 0.0873 e. The van der Waals surface area contributed by atoms with Gasteiger partial charge >= 0.3 is 0 Å². The van der Waals surface area contributed by atoms with Crippen LogP contribution in [0.15, 0.2) is 12.8 Å². The third-order valence-electron chi connectivity index (χ3n) is 1.62. The Hall–Kier alpha value is -0.540. The van der Waals surface area contributed by atoms with Gasteiger partial charge in [-0.05, 0) is 25.7 Å². The maximum atomic E-state index is 8.48. The van der Waals surface area contributed by atoms with Gasteiger partial charge in [0.05, 0.1) is 12.9 Å². The van der Waals surface area contributed by atoms with Crippen molar-refractivity contribution < 1.29 is 14.6 Å². The first-order valence-corrected chi connectivity index (χ1v) is 4.83. The number of aliphatic hydroxyl groups is 1. The smallest absolute Gasteiger partial charge is 0.0873 e. The van der Waals surface area contributed by atoms with Crippen LogP contribution in [0.2, 0.25) is 0 Å². The summed E-state index contributed by atoms with van der Waals surface area (Å²) in [5.41, 5.74) is 0. The van der Waals surface area contributed by atoms with Crippen LogP contribution >= 0.6 is 0 Å². The lowest BCUT2D eigenvalue weighted by molar-refractivity contribution is 0.116. The van der Waals surface area contributed by atoms with Crippen molar-refractivity contribution in [1.29, 1.82) is 0 Å². The molecule has 0 fully saturated rings. The molecular weight excluding hydrogens is 168 g/mol. The Bertz CT molecular complexity index is 104. The van der Waals surface area contributed by atoms with Crippen LogP contribution in [-0.2, 0) is 9.47 Å². The Balaban J connectivity index is 2.79. The molecular formula is C10H20O3. The summed E-state index contributed by atoms with van der Waals surface area (Å²) < 4.78 is 10.3. The molecule has 0 aromatic carbocycles. The molecule has 0 aliphatic rings. The zero-order chi connectivity index (χ0) is 9.78. The lowest BCUT2D eigenvalue weighted by atomic mass is 10.3. The third-order valence-corrected chi connectivity index (χ3v) is 1.62. The summed E-state index contributed by atoms with van der Waals surface area (Å²) in [4.78, 5) is 0. The summed E-state index contributed by atoms with van der Waals surface area (Å²) in [7, 11) is 0. The van der Waals surface area contributed by atoms with E-state index in [9.17, 15) is 0 Å². The standard InChI is InChI=1S/C10H20O3/c1-2-12-8-5-6-10-13-9-4-3-7-11/h2,11H,1,3-10H2. The molecule has 0 aromatic rings. The van der Waals surface area contributed by atoms with Crippen LogP contribution in [0.3, 0.4) is 0 Å².